The van der Waals surface area contributed by atoms with E-state index in [2.05, 4.69) is 79.9 Å². The molecule has 3 saturated heterocycles. The van der Waals surface area contributed by atoms with Crippen molar-refractivity contribution in [3.63, 3.8) is 0 Å². The van der Waals surface area contributed by atoms with Crippen LogP contribution in [0.25, 0.3) is 0 Å². The van der Waals surface area contributed by atoms with Gasteiger partial charge in [-0.25, -0.2) is 0 Å². The lowest BCUT2D eigenvalue weighted by atomic mass is 9.96. The highest BCUT2D eigenvalue weighted by atomic mass is 16.8. The van der Waals surface area contributed by atoms with Crippen LogP contribution in [0.5, 0.6) is 0 Å². The normalized spacial score (nSPS) is 26.5. The van der Waals surface area contributed by atoms with Crippen molar-refractivity contribution in [2.24, 2.45) is 0 Å². The van der Waals surface area contributed by atoms with E-state index < -0.39 is 124 Å². The molecular formula is C83H149NO18. The molecule has 3 heterocycles. The molecule has 12 N–H and O–H groups in total. The van der Waals surface area contributed by atoms with Gasteiger partial charge < -0.3 is 89.9 Å². The number of aliphatic hydroxyl groups is 11. The van der Waals surface area contributed by atoms with Crippen LogP contribution >= 0.6 is 0 Å². The Morgan fingerprint density at radius 3 is 1.06 bits per heavy atom. The molecule has 594 valence electrons. The van der Waals surface area contributed by atoms with Crippen molar-refractivity contribution in [3.8, 4) is 0 Å². The summed E-state index contributed by atoms with van der Waals surface area (Å²) in [5.41, 5.74) is 0. The second-order valence-electron chi connectivity index (χ2n) is 29.2. The molecule has 102 heavy (non-hydrogen) atoms. The molecule has 19 heteroatoms. The minimum absolute atomic E-state index is 0.239. The highest BCUT2D eigenvalue weighted by Gasteiger charge is 2.54. The lowest BCUT2D eigenvalue weighted by Gasteiger charge is -2.48. The van der Waals surface area contributed by atoms with Crippen molar-refractivity contribution in [1.82, 2.24) is 5.32 Å². The molecule has 0 aromatic heterocycles. The monoisotopic (exact) mass is 1450 g/mol. The topological polar surface area (TPSA) is 307 Å². The second kappa shape index (κ2) is 63.2. The third-order valence-corrected chi connectivity index (χ3v) is 20.3. The molecule has 0 aromatic rings. The summed E-state index contributed by atoms with van der Waals surface area (Å²) in [7, 11) is 0. The number of allylic oxidation sites excluding steroid dienone is 11. The Bertz CT molecular complexity index is 2120. The zero-order valence-electron chi connectivity index (χ0n) is 63.6. The minimum Gasteiger partial charge on any atom is -0.394 e. The van der Waals surface area contributed by atoms with Crippen LogP contribution in [0.15, 0.2) is 72.9 Å². The molecule has 3 aliphatic rings. The first kappa shape index (κ1) is 93.4. The highest BCUT2D eigenvalue weighted by Crippen LogP contribution is 2.33. The molecule has 19 nitrogen and oxygen atoms in total. The summed E-state index contributed by atoms with van der Waals surface area (Å²) >= 11 is 0. The maximum absolute atomic E-state index is 13.5. The first-order valence-electron chi connectivity index (χ1n) is 41.2. The van der Waals surface area contributed by atoms with E-state index in [0.29, 0.717) is 6.42 Å². The van der Waals surface area contributed by atoms with Crippen LogP contribution < -0.4 is 5.32 Å². The molecule has 1 amide bonds. The maximum Gasteiger partial charge on any atom is 0.220 e. The van der Waals surface area contributed by atoms with Crippen LogP contribution in [0.4, 0.5) is 0 Å². The number of aliphatic hydroxyl groups excluding tert-OH is 11. The number of unbranched alkanes of at least 4 members (excludes halogenated alkanes) is 39. The molecule has 0 aliphatic carbocycles. The summed E-state index contributed by atoms with van der Waals surface area (Å²) in [6.45, 7) is 1.66. The van der Waals surface area contributed by atoms with Gasteiger partial charge in [-0.1, -0.05) is 318 Å². The van der Waals surface area contributed by atoms with Gasteiger partial charge in [0.25, 0.3) is 0 Å². The molecular weight excluding hydrogens is 1300 g/mol. The van der Waals surface area contributed by atoms with Gasteiger partial charge in [-0.05, 0) is 64.2 Å². The molecule has 17 unspecified atom stereocenters. The van der Waals surface area contributed by atoms with Crippen LogP contribution in [0.2, 0.25) is 0 Å². The number of ether oxygens (including phenoxy) is 6. The van der Waals surface area contributed by atoms with E-state index in [1.807, 2.05) is 6.08 Å². The molecule has 3 aliphatic heterocycles. The zero-order valence-corrected chi connectivity index (χ0v) is 63.6. The van der Waals surface area contributed by atoms with Gasteiger partial charge in [0.2, 0.25) is 5.91 Å². The quantitative estimate of drug-likeness (QED) is 0.0199. The van der Waals surface area contributed by atoms with Crippen molar-refractivity contribution < 1.29 is 89.4 Å². The number of hydrogen-bond acceptors (Lipinski definition) is 18. The summed E-state index contributed by atoms with van der Waals surface area (Å²) in [4.78, 5) is 13.5. The van der Waals surface area contributed by atoms with Crippen LogP contribution in [-0.4, -0.2) is 193 Å². The Kier molecular flexibility index (Phi) is 57.9. The first-order chi connectivity index (χ1) is 49.8. The molecule has 0 aromatic carbocycles. The third kappa shape index (κ3) is 42.7. The fraction of sp³-hybridized carbons (Fsp3) is 0.843. The van der Waals surface area contributed by atoms with E-state index in [-0.39, 0.29) is 18.9 Å². The Morgan fingerprint density at radius 1 is 0.363 bits per heavy atom. The predicted octanol–water partition coefficient (Wildman–Crippen LogP) is 14.0. The number of nitrogens with one attached hydrogen (secondary N) is 1. The van der Waals surface area contributed by atoms with Crippen molar-refractivity contribution >= 4 is 5.91 Å². The summed E-state index contributed by atoms with van der Waals surface area (Å²) in [6, 6.07) is -0.979. The summed E-state index contributed by atoms with van der Waals surface area (Å²) in [5.74, 6) is -0.275. The standard InChI is InChI=1S/C83H149NO18/c1-3-5-7-9-11-13-15-17-19-21-23-25-27-29-31-33-35-37-39-41-43-45-47-49-51-53-55-57-59-61-71(89)84-66(67(88)60-58-56-54-52-50-48-46-44-42-40-38-36-34-32-30-28-26-24-22-20-18-16-14-12-10-8-6-4-2)65-97-81-77(95)74(92)79(69(63-86)99-81)102-83-78(96)75(93)80(70(64-87)100-83)101-82-76(94)73(91)72(90)68(62-85)98-82/h5,7,11,13,17,19,23,25,29,31,58,60,66-70,72-83,85-88,90-96H,3-4,6,8-10,12,14-16,18,20-22,24,26-28,30,32-57,59,61-65H2,1-2H3,(H,84,89)/b7-5-,13-11-,19-17-,25-23-,31-29-,60-58+. The number of carbonyl (C=O) groups excluding carboxylic acids is 1. The summed E-state index contributed by atoms with van der Waals surface area (Å²) in [5, 5.41) is 121. The van der Waals surface area contributed by atoms with Crippen LogP contribution in [0, 0.1) is 0 Å². The van der Waals surface area contributed by atoms with Crippen LogP contribution in [0.3, 0.4) is 0 Å². The molecule has 0 spiro atoms. The Morgan fingerprint density at radius 2 is 0.676 bits per heavy atom. The van der Waals surface area contributed by atoms with E-state index in [0.717, 1.165) is 83.5 Å². The summed E-state index contributed by atoms with van der Waals surface area (Å²) in [6.07, 6.45) is 56.0. The average molecular weight is 1450 g/mol. The molecule has 3 rings (SSSR count). The number of rotatable bonds is 65. The Hall–Kier alpha value is -2.77. The van der Waals surface area contributed by atoms with Gasteiger partial charge in [-0.15, -0.1) is 0 Å². The van der Waals surface area contributed by atoms with Gasteiger partial charge in [0.05, 0.1) is 38.6 Å². The maximum atomic E-state index is 13.5. The lowest BCUT2D eigenvalue weighted by molar-refractivity contribution is -0.379. The lowest BCUT2D eigenvalue weighted by Crippen LogP contribution is -2.66. The van der Waals surface area contributed by atoms with Gasteiger partial charge in [0.15, 0.2) is 18.9 Å². The number of carbonyl (C=O) groups is 1. The van der Waals surface area contributed by atoms with Gasteiger partial charge in [0.1, 0.15) is 73.2 Å². The number of hydrogen-bond donors (Lipinski definition) is 12. The average Bonchev–Trinajstić information content (AvgIpc) is 0.766. The van der Waals surface area contributed by atoms with E-state index in [4.69, 9.17) is 28.4 Å². The van der Waals surface area contributed by atoms with E-state index in [1.165, 1.54) is 205 Å². The van der Waals surface area contributed by atoms with E-state index in [1.54, 1.807) is 6.08 Å². The first-order valence-corrected chi connectivity index (χ1v) is 41.2. The highest BCUT2D eigenvalue weighted by molar-refractivity contribution is 5.76. The van der Waals surface area contributed by atoms with Crippen LogP contribution in [-0.2, 0) is 33.2 Å². The van der Waals surface area contributed by atoms with E-state index in [9.17, 15) is 61.0 Å². The second-order valence-corrected chi connectivity index (χ2v) is 29.2. The Labute approximate surface area is 617 Å². The predicted molar refractivity (Wildman–Crippen MR) is 406 cm³/mol. The van der Waals surface area contributed by atoms with Gasteiger partial charge in [0, 0.05) is 6.42 Å². The molecule has 0 bridgehead atoms. The zero-order chi connectivity index (χ0) is 73.9. The smallest absolute Gasteiger partial charge is 0.220 e. The van der Waals surface area contributed by atoms with Crippen LogP contribution in [0.1, 0.15) is 316 Å². The fourth-order valence-corrected chi connectivity index (χ4v) is 13.7. The molecule has 0 saturated carbocycles. The molecule has 0 radical (unpaired) electrons. The van der Waals surface area contributed by atoms with E-state index >= 15 is 0 Å². The number of amides is 1. The molecule has 3 fully saturated rings. The van der Waals surface area contributed by atoms with Crippen molar-refractivity contribution in [2.45, 2.75) is 420 Å². The third-order valence-electron chi connectivity index (χ3n) is 20.3. The van der Waals surface area contributed by atoms with Crippen molar-refractivity contribution in [1.29, 1.82) is 0 Å². The van der Waals surface area contributed by atoms with Gasteiger partial charge in [-0.2, -0.15) is 0 Å². The van der Waals surface area contributed by atoms with Gasteiger partial charge >= 0.3 is 0 Å². The largest absolute Gasteiger partial charge is 0.394 e. The fourth-order valence-electron chi connectivity index (χ4n) is 13.7. The SMILES string of the molecule is CC/C=C\C/C=C\C/C=C\C/C=C\C/C=C\CCCCCCCCCCCCCCCC(=O)NC(COC1OC(CO)C(OC2OC(CO)C(OC3OC(CO)C(O)C(O)C3O)C(O)C2O)C(O)C1O)C(O)/C=C/CCCCCCCCCCCCCCCCCCCCCCCCCCCC. The van der Waals surface area contributed by atoms with Crippen molar-refractivity contribution in [2.75, 3.05) is 26.4 Å². The minimum atomic E-state index is -1.98. The van der Waals surface area contributed by atoms with Gasteiger partial charge in [-0.3, -0.25) is 4.79 Å². The van der Waals surface area contributed by atoms with Crippen molar-refractivity contribution in [3.05, 3.63) is 72.9 Å². The molecule has 17 atom stereocenters. The Balaban J connectivity index is 1.37. The summed E-state index contributed by atoms with van der Waals surface area (Å²) < 4.78 is 34.5.